The van der Waals surface area contributed by atoms with Gasteiger partial charge in [-0.15, -0.1) is 10.2 Å². The van der Waals surface area contributed by atoms with Gasteiger partial charge in [0, 0.05) is 21.7 Å². The van der Waals surface area contributed by atoms with Gasteiger partial charge >= 0.3 is 0 Å². The SMILES string of the molecule is CCOc1ccc(-n2nc3ccc(NC(=O)c4cccc5c(Cl)cccc45)cc3n2)cc1. The normalized spacial score (nSPS) is 11.1. The summed E-state index contributed by atoms with van der Waals surface area (Å²) in [4.78, 5) is 14.5. The number of hydrogen-bond donors (Lipinski definition) is 1. The standard InChI is InChI=1S/C25H19ClN4O2/c1-2-32-18-12-10-17(11-13-18)30-28-23-14-9-16(15-24(23)29-30)27-25(31)21-7-3-6-20-19(21)5-4-8-22(20)26/h3-15H,2H2,1H3,(H,27,31). The van der Waals surface area contributed by atoms with Gasteiger partial charge in [-0.25, -0.2) is 0 Å². The average Bonchev–Trinajstić information content (AvgIpc) is 3.23. The van der Waals surface area contributed by atoms with Gasteiger partial charge in [0.1, 0.15) is 16.8 Å². The zero-order valence-electron chi connectivity index (χ0n) is 17.2. The first-order valence-electron chi connectivity index (χ1n) is 10.2. The predicted molar refractivity (Wildman–Crippen MR) is 127 cm³/mol. The summed E-state index contributed by atoms with van der Waals surface area (Å²) in [5.41, 5.74) is 3.43. The number of carbonyl (C=O) groups excluding carboxylic acids is 1. The molecular formula is C25H19ClN4O2. The smallest absolute Gasteiger partial charge is 0.256 e. The minimum atomic E-state index is -0.212. The van der Waals surface area contributed by atoms with Gasteiger partial charge in [-0.1, -0.05) is 35.9 Å². The van der Waals surface area contributed by atoms with E-state index in [1.54, 1.807) is 10.9 Å². The van der Waals surface area contributed by atoms with E-state index < -0.39 is 0 Å². The van der Waals surface area contributed by atoms with Crippen molar-refractivity contribution in [3.8, 4) is 11.4 Å². The lowest BCUT2D eigenvalue weighted by Gasteiger charge is -2.09. The van der Waals surface area contributed by atoms with Crippen molar-refractivity contribution in [2.45, 2.75) is 6.92 Å². The van der Waals surface area contributed by atoms with Crippen molar-refractivity contribution in [3.63, 3.8) is 0 Å². The molecule has 0 saturated heterocycles. The molecule has 0 radical (unpaired) electrons. The molecule has 4 aromatic carbocycles. The Labute approximate surface area is 189 Å². The number of rotatable bonds is 5. The molecule has 7 heteroatoms. The molecular weight excluding hydrogens is 424 g/mol. The second-order valence-electron chi connectivity index (χ2n) is 7.21. The fourth-order valence-corrected chi connectivity index (χ4v) is 3.86. The lowest BCUT2D eigenvalue weighted by Crippen LogP contribution is -2.12. The molecule has 1 heterocycles. The zero-order valence-corrected chi connectivity index (χ0v) is 18.0. The van der Waals surface area contributed by atoms with Crippen LogP contribution in [0.1, 0.15) is 17.3 Å². The molecule has 0 spiro atoms. The molecule has 1 N–H and O–H groups in total. The van der Waals surface area contributed by atoms with Crippen LogP contribution in [0.5, 0.6) is 5.75 Å². The van der Waals surface area contributed by atoms with Gasteiger partial charge in [-0.2, -0.15) is 4.80 Å². The minimum absolute atomic E-state index is 0.212. The van der Waals surface area contributed by atoms with Crippen LogP contribution in [0.25, 0.3) is 27.5 Å². The lowest BCUT2D eigenvalue weighted by molar-refractivity contribution is 0.102. The summed E-state index contributed by atoms with van der Waals surface area (Å²) in [5.74, 6) is 0.587. The third-order valence-electron chi connectivity index (χ3n) is 5.13. The number of aromatic nitrogens is 3. The first kappa shape index (κ1) is 20.0. The quantitative estimate of drug-likeness (QED) is 0.369. The van der Waals surface area contributed by atoms with Gasteiger partial charge in [0.25, 0.3) is 5.91 Å². The molecule has 1 aromatic heterocycles. The van der Waals surface area contributed by atoms with E-state index in [1.165, 1.54) is 0 Å². The molecule has 0 aliphatic rings. The van der Waals surface area contributed by atoms with E-state index in [0.717, 1.165) is 27.7 Å². The summed E-state index contributed by atoms with van der Waals surface area (Å²) >= 11 is 6.28. The van der Waals surface area contributed by atoms with Crippen LogP contribution >= 0.6 is 11.6 Å². The van der Waals surface area contributed by atoms with Crippen molar-refractivity contribution in [1.29, 1.82) is 0 Å². The van der Waals surface area contributed by atoms with Crippen LogP contribution < -0.4 is 10.1 Å². The maximum atomic E-state index is 13.0. The number of anilines is 1. The molecule has 0 unspecified atom stereocenters. The highest BCUT2D eigenvalue weighted by Gasteiger charge is 2.13. The first-order valence-corrected chi connectivity index (χ1v) is 10.6. The summed E-state index contributed by atoms with van der Waals surface area (Å²) in [6.45, 7) is 2.56. The van der Waals surface area contributed by atoms with Crippen LogP contribution in [0.15, 0.2) is 78.9 Å². The number of fused-ring (bicyclic) bond motifs is 2. The number of ether oxygens (including phenoxy) is 1. The predicted octanol–water partition coefficient (Wildman–Crippen LogP) is 5.88. The number of hydrogen-bond acceptors (Lipinski definition) is 4. The number of halogens is 1. The summed E-state index contributed by atoms with van der Waals surface area (Å²) in [5, 5.41) is 14.3. The van der Waals surface area contributed by atoms with E-state index in [2.05, 4.69) is 15.5 Å². The molecule has 1 amide bonds. The first-order chi connectivity index (χ1) is 15.6. The van der Waals surface area contributed by atoms with Crippen molar-refractivity contribution in [2.75, 3.05) is 11.9 Å². The van der Waals surface area contributed by atoms with Gasteiger partial charge in [0.2, 0.25) is 0 Å². The van der Waals surface area contributed by atoms with Crippen molar-refractivity contribution in [2.24, 2.45) is 0 Å². The van der Waals surface area contributed by atoms with Gasteiger partial charge in [-0.05, 0) is 66.9 Å². The molecule has 158 valence electrons. The van der Waals surface area contributed by atoms with E-state index in [4.69, 9.17) is 16.3 Å². The fourth-order valence-electron chi connectivity index (χ4n) is 3.62. The van der Waals surface area contributed by atoms with Crippen molar-refractivity contribution in [3.05, 3.63) is 89.4 Å². The zero-order chi connectivity index (χ0) is 22.1. The van der Waals surface area contributed by atoms with Gasteiger partial charge < -0.3 is 10.1 Å². The van der Waals surface area contributed by atoms with Crippen molar-refractivity contribution >= 4 is 45.0 Å². The Bertz CT molecular complexity index is 1440. The highest BCUT2D eigenvalue weighted by atomic mass is 35.5. The summed E-state index contributed by atoms with van der Waals surface area (Å²) in [6, 6.07) is 24.1. The lowest BCUT2D eigenvalue weighted by atomic mass is 10.0. The number of amides is 1. The Morgan fingerprint density at radius 3 is 2.50 bits per heavy atom. The largest absolute Gasteiger partial charge is 0.494 e. The van der Waals surface area contributed by atoms with Crippen LogP contribution in [0, 0.1) is 0 Å². The monoisotopic (exact) mass is 442 g/mol. The molecule has 0 saturated carbocycles. The van der Waals surface area contributed by atoms with Crippen LogP contribution in [0.3, 0.4) is 0 Å². The van der Waals surface area contributed by atoms with E-state index in [-0.39, 0.29) is 5.91 Å². The van der Waals surface area contributed by atoms with Crippen LogP contribution in [0.2, 0.25) is 5.02 Å². The number of benzene rings is 4. The topological polar surface area (TPSA) is 69.0 Å². The molecule has 0 fully saturated rings. The maximum Gasteiger partial charge on any atom is 0.256 e. The number of carbonyl (C=O) groups is 1. The molecule has 32 heavy (non-hydrogen) atoms. The molecule has 0 atom stereocenters. The molecule has 0 aliphatic heterocycles. The van der Waals surface area contributed by atoms with E-state index in [9.17, 15) is 4.79 Å². The van der Waals surface area contributed by atoms with Crippen LogP contribution in [-0.2, 0) is 0 Å². The second kappa shape index (κ2) is 8.32. The van der Waals surface area contributed by atoms with Crippen molar-refractivity contribution < 1.29 is 9.53 Å². The third-order valence-corrected chi connectivity index (χ3v) is 5.46. The molecule has 6 nitrogen and oxygen atoms in total. The third kappa shape index (κ3) is 3.76. The fraction of sp³-hybridized carbons (Fsp3) is 0.0800. The molecule has 0 bridgehead atoms. The van der Waals surface area contributed by atoms with Gasteiger partial charge in [0.15, 0.2) is 0 Å². The molecule has 5 rings (SSSR count). The van der Waals surface area contributed by atoms with Crippen LogP contribution in [0.4, 0.5) is 5.69 Å². The van der Waals surface area contributed by atoms with E-state index in [0.29, 0.717) is 28.4 Å². The number of nitrogens with one attached hydrogen (secondary N) is 1. The van der Waals surface area contributed by atoms with Crippen molar-refractivity contribution in [1.82, 2.24) is 15.0 Å². The maximum absolute atomic E-state index is 13.0. The average molecular weight is 443 g/mol. The van der Waals surface area contributed by atoms with E-state index >= 15 is 0 Å². The Morgan fingerprint density at radius 1 is 0.938 bits per heavy atom. The Hall–Kier alpha value is -3.90. The summed E-state index contributed by atoms with van der Waals surface area (Å²) < 4.78 is 5.48. The summed E-state index contributed by atoms with van der Waals surface area (Å²) in [7, 11) is 0. The highest BCUT2D eigenvalue weighted by molar-refractivity contribution is 6.36. The Kier molecular flexibility index (Phi) is 5.21. The van der Waals surface area contributed by atoms with Gasteiger partial charge in [-0.3, -0.25) is 4.79 Å². The van der Waals surface area contributed by atoms with E-state index in [1.807, 2.05) is 79.7 Å². The Balaban J connectivity index is 1.42. The minimum Gasteiger partial charge on any atom is -0.494 e. The second-order valence-corrected chi connectivity index (χ2v) is 7.62. The van der Waals surface area contributed by atoms with Crippen LogP contribution in [-0.4, -0.2) is 27.5 Å². The molecule has 0 aliphatic carbocycles. The highest BCUT2D eigenvalue weighted by Crippen LogP contribution is 2.27. The molecule has 5 aromatic rings. The number of nitrogens with zero attached hydrogens (tertiary/aromatic N) is 3. The Morgan fingerprint density at radius 2 is 1.69 bits per heavy atom. The van der Waals surface area contributed by atoms with Gasteiger partial charge in [0.05, 0.1) is 12.3 Å². The summed E-state index contributed by atoms with van der Waals surface area (Å²) in [6.07, 6.45) is 0.